The fourth-order valence-corrected chi connectivity index (χ4v) is 1.53. The molecule has 1 amide bonds. The van der Waals surface area contributed by atoms with E-state index in [1.54, 1.807) is 6.08 Å². The van der Waals surface area contributed by atoms with Gasteiger partial charge in [0.2, 0.25) is 5.91 Å². The standard InChI is InChI=1S/C15H29NO/c1-4-6-7-8-9-10-11-12-15(17)16-13-14(3)5-2/h11-12,14H,4-10,13H2,1-3H3,(H,16,17). The van der Waals surface area contributed by atoms with E-state index in [-0.39, 0.29) is 5.91 Å². The van der Waals surface area contributed by atoms with Gasteiger partial charge in [0, 0.05) is 6.54 Å². The number of allylic oxidation sites excluding steroid dienone is 1. The van der Waals surface area contributed by atoms with E-state index in [9.17, 15) is 4.79 Å². The average molecular weight is 239 g/mol. The largest absolute Gasteiger partial charge is 0.352 e. The van der Waals surface area contributed by atoms with Crippen LogP contribution < -0.4 is 5.32 Å². The van der Waals surface area contributed by atoms with Gasteiger partial charge in [0.25, 0.3) is 0 Å². The average Bonchev–Trinajstić information content (AvgIpc) is 2.34. The molecule has 1 atom stereocenters. The molecule has 0 aliphatic heterocycles. The van der Waals surface area contributed by atoms with Crippen molar-refractivity contribution >= 4 is 5.91 Å². The van der Waals surface area contributed by atoms with E-state index in [2.05, 4.69) is 26.1 Å². The molecule has 0 bridgehead atoms. The number of carbonyl (C=O) groups excluding carboxylic acids is 1. The topological polar surface area (TPSA) is 29.1 Å². The van der Waals surface area contributed by atoms with Gasteiger partial charge in [-0.3, -0.25) is 4.79 Å². The van der Waals surface area contributed by atoms with Crippen molar-refractivity contribution in [1.29, 1.82) is 0 Å². The minimum absolute atomic E-state index is 0.0545. The van der Waals surface area contributed by atoms with Crippen LogP contribution in [0.25, 0.3) is 0 Å². The molecular formula is C15H29NO. The molecule has 0 radical (unpaired) electrons. The van der Waals surface area contributed by atoms with E-state index in [0.29, 0.717) is 5.92 Å². The fraction of sp³-hybridized carbons (Fsp3) is 0.800. The van der Waals surface area contributed by atoms with Gasteiger partial charge in [0.15, 0.2) is 0 Å². The van der Waals surface area contributed by atoms with Gasteiger partial charge in [0.1, 0.15) is 0 Å². The van der Waals surface area contributed by atoms with Crippen molar-refractivity contribution in [2.75, 3.05) is 6.54 Å². The molecule has 0 heterocycles. The lowest BCUT2D eigenvalue weighted by molar-refractivity contribution is -0.116. The molecule has 0 aromatic heterocycles. The molecule has 0 fully saturated rings. The molecule has 1 N–H and O–H groups in total. The van der Waals surface area contributed by atoms with Crippen LogP contribution >= 0.6 is 0 Å². The second kappa shape index (κ2) is 11.7. The minimum Gasteiger partial charge on any atom is -0.352 e. The summed E-state index contributed by atoms with van der Waals surface area (Å²) in [7, 11) is 0. The monoisotopic (exact) mass is 239 g/mol. The van der Waals surface area contributed by atoms with Crippen molar-refractivity contribution in [3.63, 3.8) is 0 Å². The Morgan fingerprint density at radius 2 is 1.88 bits per heavy atom. The first-order valence-electron chi connectivity index (χ1n) is 7.15. The lowest BCUT2D eigenvalue weighted by Gasteiger charge is -2.07. The van der Waals surface area contributed by atoms with E-state index < -0.39 is 0 Å². The third-order valence-electron chi connectivity index (χ3n) is 3.07. The predicted molar refractivity (Wildman–Crippen MR) is 75.0 cm³/mol. The maximum Gasteiger partial charge on any atom is 0.243 e. The normalized spacial score (nSPS) is 12.9. The second-order valence-electron chi connectivity index (χ2n) is 4.86. The first-order chi connectivity index (χ1) is 8.20. The first kappa shape index (κ1) is 16.2. The zero-order valence-corrected chi connectivity index (χ0v) is 11.8. The van der Waals surface area contributed by atoms with E-state index in [4.69, 9.17) is 0 Å². The Bertz CT molecular complexity index is 211. The van der Waals surface area contributed by atoms with Crippen LogP contribution in [-0.2, 0) is 4.79 Å². The summed E-state index contributed by atoms with van der Waals surface area (Å²) in [4.78, 5) is 11.4. The smallest absolute Gasteiger partial charge is 0.243 e. The Morgan fingerprint density at radius 3 is 2.53 bits per heavy atom. The number of unbranched alkanes of at least 4 members (excludes halogenated alkanes) is 5. The predicted octanol–water partition coefficient (Wildman–Crippen LogP) is 4.07. The van der Waals surface area contributed by atoms with Crippen molar-refractivity contribution in [2.24, 2.45) is 5.92 Å². The minimum atomic E-state index is 0.0545. The Labute approximate surface area is 107 Å². The summed E-state index contributed by atoms with van der Waals surface area (Å²) in [6.07, 6.45) is 12.3. The number of hydrogen-bond acceptors (Lipinski definition) is 1. The lowest BCUT2D eigenvalue weighted by atomic mass is 10.1. The molecule has 0 spiro atoms. The van der Waals surface area contributed by atoms with Crippen LogP contribution in [0.3, 0.4) is 0 Å². The van der Waals surface area contributed by atoms with Crippen LogP contribution in [0.4, 0.5) is 0 Å². The molecular weight excluding hydrogens is 210 g/mol. The van der Waals surface area contributed by atoms with Gasteiger partial charge in [-0.05, 0) is 24.8 Å². The Kier molecular flexibility index (Phi) is 11.1. The van der Waals surface area contributed by atoms with Crippen LogP contribution in [0, 0.1) is 5.92 Å². The first-order valence-corrected chi connectivity index (χ1v) is 7.15. The van der Waals surface area contributed by atoms with Crippen LogP contribution in [0.5, 0.6) is 0 Å². The summed E-state index contributed by atoms with van der Waals surface area (Å²) < 4.78 is 0. The third-order valence-corrected chi connectivity index (χ3v) is 3.07. The quantitative estimate of drug-likeness (QED) is 0.452. The maximum absolute atomic E-state index is 11.4. The fourth-order valence-electron chi connectivity index (χ4n) is 1.53. The van der Waals surface area contributed by atoms with Crippen molar-refractivity contribution in [2.45, 2.75) is 65.7 Å². The van der Waals surface area contributed by atoms with Gasteiger partial charge >= 0.3 is 0 Å². The summed E-state index contributed by atoms with van der Waals surface area (Å²) in [5, 5.41) is 2.92. The molecule has 0 aliphatic rings. The molecule has 2 heteroatoms. The van der Waals surface area contributed by atoms with Gasteiger partial charge in [0.05, 0.1) is 0 Å². The van der Waals surface area contributed by atoms with Gasteiger partial charge in [-0.1, -0.05) is 59.0 Å². The molecule has 1 unspecified atom stereocenters. The van der Waals surface area contributed by atoms with Gasteiger partial charge in [-0.25, -0.2) is 0 Å². The number of nitrogens with one attached hydrogen (secondary N) is 1. The molecule has 0 saturated heterocycles. The van der Waals surface area contributed by atoms with E-state index in [1.165, 1.54) is 32.1 Å². The van der Waals surface area contributed by atoms with Crippen molar-refractivity contribution in [1.82, 2.24) is 5.32 Å². The summed E-state index contributed by atoms with van der Waals surface area (Å²) in [6.45, 7) is 7.30. The second-order valence-corrected chi connectivity index (χ2v) is 4.86. The number of amides is 1. The molecule has 0 aromatic rings. The summed E-state index contributed by atoms with van der Waals surface area (Å²) in [5.41, 5.74) is 0. The zero-order valence-electron chi connectivity index (χ0n) is 11.8. The Balaban J connectivity index is 3.40. The van der Waals surface area contributed by atoms with Gasteiger partial charge < -0.3 is 5.32 Å². The summed E-state index contributed by atoms with van der Waals surface area (Å²) >= 11 is 0. The molecule has 0 aromatic carbocycles. The van der Waals surface area contributed by atoms with E-state index in [1.807, 2.05) is 6.08 Å². The molecule has 100 valence electrons. The Morgan fingerprint density at radius 1 is 1.18 bits per heavy atom. The van der Waals surface area contributed by atoms with Crippen molar-refractivity contribution in [3.8, 4) is 0 Å². The number of rotatable bonds is 10. The summed E-state index contributed by atoms with van der Waals surface area (Å²) in [6, 6.07) is 0. The lowest BCUT2D eigenvalue weighted by Crippen LogP contribution is -2.26. The van der Waals surface area contributed by atoms with Crippen LogP contribution in [-0.4, -0.2) is 12.5 Å². The SMILES string of the molecule is CCCCCCCC=CC(=O)NCC(C)CC. The van der Waals surface area contributed by atoms with Crippen molar-refractivity contribution < 1.29 is 4.79 Å². The van der Waals surface area contributed by atoms with Crippen LogP contribution in [0.1, 0.15) is 65.7 Å². The molecule has 17 heavy (non-hydrogen) atoms. The highest BCUT2D eigenvalue weighted by atomic mass is 16.1. The highest BCUT2D eigenvalue weighted by molar-refractivity contribution is 5.87. The highest BCUT2D eigenvalue weighted by Gasteiger charge is 1.99. The third kappa shape index (κ3) is 11.5. The number of hydrogen-bond donors (Lipinski definition) is 1. The molecule has 2 nitrogen and oxygen atoms in total. The van der Waals surface area contributed by atoms with Gasteiger partial charge in [-0.15, -0.1) is 0 Å². The van der Waals surface area contributed by atoms with Crippen molar-refractivity contribution in [3.05, 3.63) is 12.2 Å². The maximum atomic E-state index is 11.4. The molecule has 0 aliphatic carbocycles. The van der Waals surface area contributed by atoms with Crippen LogP contribution in [0.15, 0.2) is 12.2 Å². The summed E-state index contributed by atoms with van der Waals surface area (Å²) in [5.74, 6) is 0.625. The molecule has 0 rings (SSSR count). The zero-order chi connectivity index (χ0) is 12.9. The number of carbonyl (C=O) groups is 1. The van der Waals surface area contributed by atoms with Gasteiger partial charge in [-0.2, -0.15) is 0 Å². The Hall–Kier alpha value is -0.790. The highest BCUT2D eigenvalue weighted by Crippen LogP contribution is 2.05. The molecule has 0 saturated carbocycles. The van der Waals surface area contributed by atoms with E-state index in [0.717, 1.165) is 19.4 Å². The van der Waals surface area contributed by atoms with Crippen LogP contribution in [0.2, 0.25) is 0 Å². The van der Waals surface area contributed by atoms with E-state index >= 15 is 0 Å².